The van der Waals surface area contributed by atoms with Gasteiger partial charge in [0.2, 0.25) is 0 Å². The second kappa shape index (κ2) is 7.41. The van der Waals surface area contributed by atoms with Crippen molar-refractivity contribution in [2.24, 2.45) is 5.92 Å². The van der Waals surface area contributed by atoms with E-state index in [0.717, 1.165) is 50.2 Å². The lowest BCUT2D eigenvalue weighted by Gasteiger charge is -2.18. The SMILES string of the molecule is CNCCc1ccccc1C(=O)N1CCC(COC)C1. The normalized spacial score (nSPS) is 18.5. The van der Waals surface area contributed by atoms with Crippen LogP contribution in [-0.4, -0.2) is 51.2 Å². The van der Waals surface area contributed by atoms with Gasteiger partial charge >= 0.3 is 0 Å². The molecule has 4 nitrogen and oxygen atoms in total. The van der Waals surface area contributed by atoms with Gasteiger partial charge in [0.05, 0.1) is 6.61 Å². The van der Waals surface area contributed by atoms with Gasteiger partial charge in [-0.2, -0.15) is 0 Å². The summed E-state index contributed by atoms with van der Waals surface area (Å²) >= 11 is 0. The van der Waals surface area contributed by atoms with Gasteiger partial charge in [0.25, 0.3) is 5.91 Å². The summed E-state index contributed by atoms with van der Waals surface area (Å²) in [4.78, 5) is 14.6. The Kier molecular flexibility index (Phi) is 5.56. The predicted octanol–water partition coefficient (Wildman–Crippen LogP) is 1.56. The van der Waals surface area contributed by atoms with Crippen molar-refractivity contribution in [2.75, 3.05) is 40.4 Å². The molecule has 0 aliphatic carbocycles. The summed E-state index contributed by atoms with van der Waals surface area (Å²) in [5.74, 6) is 0.642. The minimum absolute atomic E-state index is 0.162. The molecule has 20 heavy (non-hydrogen) atoms. The van der Waals surface area contributed by atoms with Crippen LogP contribution in [0.3, 0.4) is 0 Å². The molecule has 1 aliphatic rings. The fraction of sp³-hybridized carbons (Fsp3) is 0.562. The lowest BCUT2D eigenvalue weighted by Crippen LogP contribution is -2.30. The molecule has 110 valence electrons. The van der Waals surface area contributed by atoms with Crippen LogP contribution in [-0.2, 0) is 11.2 Å². The molecular weight excluding hydrogens is 252 g/mol. The molecule has 1 atom stereocenters. The molecular formula is C16H24N2O2. The Morgan fingerprint density at radius 1 is 1.45 bits per heavy atom. The average molecular weight is 276 g/mol. The molecule has 1 amide bonds. The summed E-state index contributed by atoms with van der Waals surface area (Å²) in [5.41, 5.74) is 1.97. The van der Waals surface area contributed by atoms with Crippen molar-refractivity contribution in [3.05, 3.63) is 35.4 Å². The van der Waals surface area contributed by atoms with E-state index in [-0.39, 0.29) is 5.91 Å². The molecule has 0 bridgehead atoms. The van der Waals surface area contributed by atoms with Gasteiger partial charge in [-0.25, -0.2) is 0 Å². The monoisotopic (exact) mass is 276 g/mol. The van der Waals surface area contributed by atoms with Crippen LogP contribution >= 0.6 is 0 Å². The van der Waals surface area contributed by atoms with Gasteiger partial charge in [-0.3, -0.25) is 4.79 Å². The first-order chi connectivity index (χ1) is 9.76. The first kappa shape index (κ1) is 15.0. The molecule has 1 aliphatic heterocycles. The molecule has 1 aromatic rings. The van der Waals surface area contributed by atoms with E-state index in [0.29, 0.717) is 5.92 Å². The number of nitrogens with zero attached hydrogens (tertiary/aromatic N) is 1. The highest BCUT2D eigenvalue weighted by Gasteiger charge is 2.27. The second-order valence-corrected chi connectivity index (χ2v) is 5.37. The van der Waals surface area contributed by atoms with Crippen molar-refractivity contribution in [3.63, 3.8) is 0 Å². The third-order valence-electron chi connectivity index (χ3n) is 3.87. The van der Waals surface area contributed by atoms with E-state index in [9.17, 15) is 4.79 Å². The lowest BCUT2D eigenvalue weighted by molar-refractivity contribution is 0.0774. The molecule has 4 heteroatoms. The lowest BCUT2D eigenvalue weighted by atomic mass is 10.0. The van der Waals surface area contributed by atoms with Gasteiger partial charge in [-0.05, 0) is 38.1 Å². The second-order valence-electron chi connectivity index (χ2n) is 5.37. The van der Waals surface area contributed by atoms with E-state index in [4.69, 9.17) is 4.74 Å². The highest BCUT2D eigenvalue weighted by molar-refractivity contribution is 5.95. The third-order valence-corrected chi connectivity index (χ3v) is 3.87. The van der Waals surface area contributed by atoms with Crippen molar-refractivity contribution in [1.29, 1.82) is 0 Å². The zero-order valence-corrected chi connectivity index (χ0v) is 12.4. The molecule has 2 rings (SSSR count). The molecule has 0 saturated carbocycles. The molecule has 1 fully saturated rings. The van der Waals surface area contributed by atoms with E-state index in [1.54, 1.807) is 7.11 Å². The highest BCUT2D eigenvalue weighted by Crippen LogP contribution is 2.20. The van der Waals surface area contributed by atoms with Crippen molar-refractivity contribution in [2.45, 2.75) is 12.8 Å². The fourth-order valence-corrected chi connectivity index (χ4v) is 2.77. The van der Waals surface area contributed by atoms with Crippen molar-refractivity contribution in [1.82, 2.24) is 10.2 Å². The van der Waals surface area contributed by atoms with Gasteiger partial charge in [0, 0.05) is 31.7 Å². The van der Waals surface area contributed by atoms with Gasteiger partial charge in [-0.1, -0.05) is 18.2 Å². The van der Waals surface area contributed by atoms with Crippen LogP contribution in [0, 0.1) is 5.92 Å². The first-order valence-electron chi connectivity index (χ1n) is 7.27. The van der Waals surface area contributed by atoms with Crippen LogP contribution in [0.4, 0.5) is 0 Å². The smallest absolute Gasteiger partial charge is 0.254 e. The number of hydrogen-bond donors (Lipinski definition) is 1. The Balaban J connectivity index is 2.05. The van der Waals surface area contributed by atoms with Gasteiger partial charge in [0.15, 0.2) is 0 Å². The Morgan fingerprint density at radius 2 is 2.25 bits per heavy atom. The number of likely N-dealkylation sites (N-methyl/N-ethyl adjacent to an activating group) is 1. The van der Waals surface area contributed by atoms with Crippen molar-refractivity contribution in [3.8, 4) is 0 Å². The quantitative estimate of drug-likeness (QED) is 0.857. The highest BCUT2D eigenvalue weighted by atomic mass is 16.5. The largest absolute Gasteiger partial charge is 0.384 e. The minimum atomic E-state index is 0.162. The van der Waals surface area contributed by atoms with Crippen LogP contribution in [0.1, 0.15) is 22.3 Å². The van der Waals surface area contributed by atoms with E-state index >= 15 is 0 Å². The van der Waals surface area contributed by atoms with Crippen molar-refractivity contribution >= 4 is 5.91 Å². The van der Waals surface area contributed by atoms with Crippen LogP contribution < -0.4 is 5.32 Å². The fourth-order valence-electron chi connectivity index (χ4n) is 2.77. The van der Waals surface area contributed by atoms with E-state index in [1.165, 1.54) is 0 Å². The standard InChI is InChI=1S/C16H24N2O2/c1-17-9-7-14-5-3-4-6-15(14)16(19)18-10-8-13(11-18)12-20-2/h3-6,13,17H,7-12H2,1-2H3. The Hall–Kier alpha value is -1.39. The predicted molar refractivity (Wildman–Crippen MR) is 80.0 cm³/mol. The summed E-state index contributed by atoms with van der Waals surface area (Å²) in [5, 5.41) is 3.13. The van der Waals surface area contributed by atoms with Crippen LogP contribution in [0.2, 0.25) is 0 Å². The van der Waals surface area contributed by atoms with Gasteiger partial charge in [-0.15, -0.1) is 0 Å². The number of nitrogens with one attached hydrogen (secondary N) is 1. The third kappa shape index (κ3) is 3.58. The number of benzene rings is 1. The van der Waals surface area contributed by atoms with Crippen LogP contribution in [0.25, 0.3) is 0 Å². The zero-order chi connectivity index (χ0) is 14.4. The van der Waals surface area contributed by atoms with E-state index < -0.39 is 0 Å². The topological polar surface area (TPSA) is 41.6 Å². The number of carbonyl (C=O) groups excluding carboxylic acids is 1. The van der Waals surface area contributed by atoms with Gasteiger partial charge in [0.1, 0.15) is 0 Å². The number of ether oxygens (including phenoxy) is 1. The molecule has 1 unspecified atom stereocenters. The molecule has 1 saturated heterocycles. The molecule has 1 N–H and O–H groups in total. The number of methoxy groups -OCH3 is 1. The number of carbonyl (C=O) groups is 1. The van der Waals surface area contributed by atoms with E-state index in [2.05, 4.69) is 5.32 Å². The van der Waals surface area contributed by atoms with E-state index in [1.807, 2.05) is 36.2 Å². The van der Waals surface area contributed by atoms with Crippen LogP contribution in [0.15, 0.2) is 24.3 Å². The van der Waals surface area contributed by atoms with Crippen molar-refractivity contribution < 1.29 is 9.53 Å². The number of likely N-dealkylation sites (tertiary alicyclic amines) is 1. The summed E-state index contributed by atoms with van der Waals surface area (Å²) in [6, 6.07) is 7.93. The summed E-state index contributed by atoms with van der Waals surface area (Å²) in [6.07, 6.45) is 1.92. The van der Waals surface area contributed by atoms with Crippen LogP contribution in [0.5, 0.6) is 0 Å². The number of hydrogen-bond acceptors (Lipinski definition) is 3. The maximum absolute atomic E-state index is 12.6. The summed E-state index contributed by atoms with van der Waals surface area (Å²) < 4.78 is 5.19. The first-order valence-corrected chi connectivity index (χ1v) is 7.27. The molecule has 0 radical (unpaired) electrons. The summed E-state index contributed by atoms with van der Waals surface area (Å²) in [7, 11) is 3.65. The summed E-state index contributed by atoms with van der Waals surface area (Å²) in [6.45, 7) is 3.28. The molecule has 1 heterocycles. The molecule has 0 aromatic heterocycles. The maximum Gasteiger partial charge on any atom is 0.254 e. The number of amides is 1. The minimum Gasteiger partial charge on any atom is -0.384 e. The zero-order valence-electron chi connectivity index (χ0n) is 12.4. The average Bonchev–Trinajstić information content (AvgIpc) is 2.94. The molecule has 0 spiro atoms. The maximum atomic E-state index is 12.6. The Labute approximate surface area is 121 Å². The Morgan fingerprint density at radius 3 is 3.00 bits per heavy atom. The Bertz CT molecular complexity index is 448. The van der Waals surface area contributed by atoms with Gasteiger partial charge < -0.3 is 15.0 Å². The molecule has 1 aromatic carbocycles. The number of rotatable bonds is 6.